The third kappa shape index (κ3) is 5.43. The molecule has 1 saturated carbocycles. The molecule has 2 aromatic carbocycles. The standard InChI is InChI=1S/C24H24BrIN4O4/c1-33-20-10-14(9-18(26)22(20)34-13-21(27)31)12-28-30-23(15-5-3-2-4-6-15)29-19-8-7-16(25)11-17(19)24(30)32/h7-12,15H,2-6,13H2,1H3,(H2,27,31). The van der Waals surface area contributed by atoms with Crippen LogP contribution in [0.15, 0.2) is 44.7 Å². The van der Waals surface area contributed by atoms with Crippen molar-refractivity contribution in [2.24, 2.45) is 10.8 Å². The molecule has 2 N–H and O–H groups in total. The van der Waals surface area contributed by atoms with Crippen molar-refractivity contribution in [2.75, 3.05) is 13.7 Å². The Morgan fingerprint density at radius 1 is 1.29 bits per heavy atom. The van der Waals surface area contributed by atoms with E-state index in [2.05, 4.69) is 43.6 Å². The van der Waals surface area contributed by atoms with Gasteiger partial charge in [-0.05, 0) is 71.3 Å². The quantitative estimate of drug-likeness (QED) is 0.301. The van der Waals surface area contributed by atoms with Gasteiger partial charge in [0.15, 0.2) is 18.1 Å². The Bertz CT molecular complexity index is 1320. The average molecular weight is 639 g/mol. The summed E-state index contributed by atoms with van der Waals surface area (Å²) in [5.74, 6) is 1.17. The summed E-state index contributed by atoms with van der Waals surface area (Å²) in [6, 6.07) is 9.10. The number of rotatable bonds is 7. The van der Waals surface area contributed by atoms with Gasteiger partial charge in [-0.3, -0.25) is 9.59 Å². The van der Waals surface area contributed by atoms with E-state index in [1.54, 1.807) is 18.3 Å². The van der Waals surface area contributed by atoms with Crippen LogP contribution in [0.5, 0.6) is 11.5 Å². The van der Waals surface area contributed by atoms with E-state index < -0.39 is 5.91 Å². The van der Waals surface area contributed by atoms with Gasteiger partial charge in [-0.25, -0.2) is 4.98 Å². The Morgan fingerprint density at radius 2 is 2.06 bits per heavy atom. The molecule has 0 atom stereocenters. The monoisotopic (exact) mass is 638 g/mol. The van der Waals surface area contributed by atoms with E-state index in [1.165, 1.54) is 18.2 Å². The van der Waals surface area contributed by atoms with E-state index in [4.69, 9.17) is 20.2 Å². The third-order valence-corrected chi connectivity index (χ3v) is 7.03. The number of nitrogens with zero attached hydrogens (tertiary/aromatic N) is 3. The first kappa shape index (κ1) is 24.6. The first-order valence-corrected chi connectivity index (χ1v) is 12.8. The summed E-state index contributed by atoms with van der Waals surface area (Å²) in [4.78, 5) is 29.4. The van der Waals surface area contributed by atoms with Crippen LogP contribution in [-0.2, 0) is 4.79 Å². The van der Waals surface area contributed by atoms with Crippen molar-refractivity contribution < 1.29 is 14.3 Å². The number of benzene rings is 2. The number of fused-ring (bicyclic) bond motifs is 1. The largest absolute Gasteiger partial charge is 0.493 e. The molecule has 3 aromatic rings. The fraction of sp³-hybridized carbons (Fsp3) is 0.333. The molecule has 8 nitrogen and oxygen atoms in total. The second kappa shape index (κ2) is 10.9. The normalized spacial score (nSPS) is 14.6. The molecule has 1 heterocycles. The minimum absolute atomic E-state index is 0.186. The zero-order valence-electron chi connectivity index (χ0n) is 18.6. The van der Waals surface area contributed by atoms with E-state index in [0.717, 1.165) is 33.7 Å². The fourth-order valence-electron chi connectivity index (χ4n) is 4.12. The lowest BCUT2D eigenvalue weighted by molar-refractivity contribution is -0.119. The van der Waals surface area contributed by atoms with Gasteiger partial charge in [-0.15, -0.1) is 0 Å². The Balaban J connectivity index is 1.78. The lowest BCUT2D eigenvalue weighted by atomic mass is 9.88. The predicted molar refractivity (Wildman–Crippen MR) is 143 cm³/mol. The van der Waals surface area contributed by atoms with Gasteiger partial charge in [-0.1, -0.05) is 35.2 Å². The van der Waals surface area contributed by atoms with E-state index in [1.807, 2.05) is 18.2 Å². The Morgan fingerprint density at radius 3 is 2.76 bits per heavy atom. The molecular formula is C24H24BrIN4O4. The van der Waals surface area contributed by atoms with Crippen LogP contribution in [0.1, 0.15) is 49.4 Å². The van der Waals surface area contributed by atoms with Crippen molar-refractivity contribution in [3.63, 3.8) is 0 Å². The van der Waals surface area contributed by atoms with Gasteiger partial charge in [0, 0.05) is 10.4 Å². The van der Waals surface area contributed by atoms with E-state index in [0.29, 0.717) is 33.8 Å². The second-order valence-electron chi connectivity index (χ2n) is 8.12. The number of carbonyl (C=O) groups is 1. The molecule has 0 bridgehead atoms. The average Bonchev–Trinajstić information content (AvgIpc) is 2.83. The minimum atomic E-state index is -0.575. The molecule has 178 valence electrons. The SMILES string of the molecule is COc1cc(C=Nn2c(C3CCCCC3)nc3ccc(Br)cc3c2=O)cc(I)c1OCC(N)=O. The highest BCUT2D eigenvalue weighted by atomic mass is 127. The third-order valence-electron chi connectivity index (χ3n) is 5.74. The van der Waals surface area contributed by atoms with Gasteiger partial charge in [0.25, 0.3) is 11.5 Å². The minimum Gasteiger partial charge on any atom is -0.493 e. The number of amides is 1. The fourth-order valence-corrected chi connectivity index (χ4v) is 5.27. The Hall–Kier alpha value is -2.47. The lowest BCUT2D eigenvalue weighted by Crippen LogP contribution is -2.25. The number of primary amides is 1. The van der Waals surface area contributed by atoms with Gasteiger partial charge < -0.3 is 15.2 Å². The number of ether oxygens (including phenoxy) is 2. The number of hydrogen-bond acceptors (Lipinski definition) is 6. The topological polar surface area (TPSA) is 109 Å². The number of carbonyl (C=O) groups excluding carboxylic acids is 1. The van der Waals surface area contributed by atoms with E-state index in [9.17, 15) is 9.59 Å². The summed E-state index contributed by atoms with van der Waals surface area (Å²) < 4.78 is 13.9. The number of aromatic nitrogens is 2. The van der Waals surface area contributed by atoms with Crippen molar-refractivity contribution in [2.45, 2.75) is 38.0 Å². The smallest absolute Gasteiger partial charge is 0.282 e. The molecule has 1 amide bonds. The van der Waals surface area contributed by atoms with Crippen LogP contribution < -0.4 is 20.8 Å². The second-order valence-corrected chi connectivity index (χ2v) is 10.2. The molecule has 0 unspecified atom stereocenters. The van der Waals surface area contributed by atoms with Crippen LogP contribution in [0.25, 0.3) is 10.9 Å². The number of methoxy groups -OCH3 is 1. The van der Waals surface area contributed by atoms with Gasteiger partial charge >= 0.3 is 0 Å². The molecule has 0 aliphatic heterocycles. The van der Waals surface area contributed by atoms with Crippen LogP contribution in [0.2, 0.25) is 0 Å². The van der Waals surface area contributed by atoms with Crippen LogP contribution in [0.3, 0.4) is 0 Å². The number of nitrogens with two attached hydrogens (primary N) is 1. The van der Waals surface area contributed by atoms with Crippen molar-refractivity contribution >= 4 is 61.5 Å². The summed E-state index contributed by atoms with van der Waals surface area (Å²) in [7, 11) is 1.51. The Kier molecular flexibility index (Phi) is 7.87. The van der Waals surface area contributed by atoms with Crippen molar-refractivity contribution in [1.82, 2.24) is 9.66 Å². The summed E-state index contributed by atoms with van der Waals surface area (Å²) in [5, 5.41) is 5.09. The predicted octanol–water partition coefficient (Wildman–Crippen LogP) is 4.57. The highest BCUT2D eigenvalue weighted by Gasteiger charge is 2.22. The summed E-state index contributed by atoms with van der Waals surface area (Å²) in [6.07, 6.45) is 7.02. The zero-order valence-corrected chi connectivity index (χ0v) is 22.3. The number of hydrogen-bond donors (Lipinski definition) is 1. The summed E-state index contributed by atoms with van der Waals surface area (Å²) in [5.41, 5.74) is 6.38. The van der Waals surface area contributed by atoms with Gasteiger partial charge in [0.1, 0.15) is 5.82 Å². The lowest BCUT2D eigenvalue weighted by Gasteiger charge is -2.22. The highest BCUT2D eigenvalue weighted by molar-refractivity contribution is 14.1. The maximum absolute atomic E-state index is 13.5. The first-order chi connectivity index (χ1) is 16.4. The molecule has 10 heteroatoms. The van der Waals surface area contributed by atoms with Crippen LogP contribution in [-0.4, -0.2) is 35.5 Å². The van der Waals surface area contributed by atoms with E-state index >= 15 is 0 Å². The molecule has 1 aromatic heterocycles. The van der Waals surface area contributed by atoms with Crippen molar-refractivity contribution in [3.05, 3.63) is 60.1 Å². The molecule has 34 heavy (non-hydrogen) atoms. The molecular weight excluding hydrogens is 615 g/mol. The molecule has 1 aliphatic carbocycles. The van der Waals surface area contributed by atoms with Crippen molar-refractivity contribution in [1.29, 1.82) is 0 Å². The zero-order chi connectivity index (χ0) is 24.2. The Labute approximate surface area is 218 Å². The molecule has 1 fully saturated rings. The summed E-state index contributed by atoms with van der Waals surface area (Å²) >= 11 is 5.54. The van der Waals surface area contributed by atoms with Gasteiger partial charge in [-0.2, -0.15) is 9.78 Å². The maximum Gasteiger partial charge on any atom is 0.282 e. The van der Waals surface area contributed by atoms with Crippen LogP contribution in [0.4, 0.5) is 0 Å². The number of halogens is 2. The first-order valence-electron chi connectivity index (χ1n) is 10.9. The molecule has 0 spiro atoms. The van der Waals surface area contributed by atoms with E-state index in [-0.39, 0.29) is 18.1 Å². The maximum atomic E-state index is 13.5. The molecule has 0 radical (unpaired) electrons. The van der Waals surface area contributed by atoms with Crippen LogP contribution in [0, 0.1) is 3.57 Å². The molecule has 4 rings (SSSR count). The molecule has 0 saturated heterocycles. The van der Waals surface area contributed by atoms with Gasteiger partial charge in [0.2, 0.25) is 0 Å². The van der Waals surface area contributed by atoms with Crippen molar-refractivity contribution in [3.8, 4) is 11.5 Å². The summed E-state index contributed by atoms with van der Waals surface area (Å²) in [6.45, 7) is -0.252. The highest BCUT2D eigenvalue weighted by Crippen LogP contribution is 2.34. The van der Waals surface area contributed by atoms with Gasteiger partial charge in [0.05, 0.1) is 27.8 Å². The van der Waals surface area contributed by atoms with Crippen LogP contribution >= 0.6 is 38.5 Å². The molecule has 1 aliphatic rings.